The normalized spacial score (nSPS) is 32.2. The molecule has 4 N–H and O–H groups in total. The van der Waals surface area contributed by atoms with E-state index in [1.165, 1.54) is 4.90 Å². The van der Waals surface area contributed by atoms with E-state index in [1.807, 2.05) is 18.2 Å². The van der Waals surface area contributed by atoms with Gasteiger partial charge in [0, 0.05) is 0 Å². The molecule has 3 aliphatic heterocycles. The number of alkyl halides is 2. The minimum absolute atomic E-state index is 0.0123. The van der Waals surface area contributed by atoms with Crippen LogP contribution < -0.4 is 46.7 Å². The van der Waals surface area contributed by atoms with E-state index in [0.29, 0.717) is 42.1 Å². The second-order valence-electron chi connectivity index (χ2n) is 16.7. The second kappa shape index (κ2) is 15.7. The first-order valence-corrected chi connectivity index (χ1v) is 24.0. The van der Waals surface area contributed by atoms with Gasteiger partial charge in [0.1, 0.15) is 0 Å². The van der Waals surface area contributed by atoms with Crippen LogP contribution in [0, 0.1) is 11.8 Å². The number of ether oxygens (including phenoxy) is 2. The fourth-order valence-electron chi connectivity index (χ4n) is 9.06. The number of carbonyl (C=O) groups is 4. The molecular formula is C41H51IN5O9S-. The van der Waals surface area contributed by atoms with Crippen LogP contribution in [0.1, 0.15) is 89.5 Å². The summed E-state index contributed by atoms with van der Waals surface area (Å²) in [5.74, 6) is -1.66. The Labute approximate surface area is 342 Å². The predicted molar refractivity (Wildman–Crippen MR) is 207 cm³/mol. The van der Waals surface area contributed by atoms with Gasteiger partial charge in [0.15, 0.2) is 0 Å². The monoisotopic (exact) mass is 916 g/mol. The zero-order chi connectivity index (χ0) is 40.1. The molecule has 0 radical (unpaired) electrons. The first-order chi connectivity index (χ1) is 27.3. The standard InChI is InChI=1S/C41H51IN5O9S/c1-3-32-41(42-32,38(51)46-57(53,54)40(2)20-21-40)45-35(49)30-22-26-23-47(30)37(50)33(25-13-7-8-14-25)44-39(52)56-31-19-11-15-24(31)12-5-4-6-17-28-34(48)27-16-9-10-18-29(27)43-36(28)55-26/h3-4,6,9-10,16,18,24-26,30-33H,1,5,7-8,11-15,17,19-23H2,2H3,(H,43,48)(H,44,52)(H,45,49)(H,46,51)/q-1/b6-4+/t24-,26-,30+,31-,32+,33+,41-/m1/s1. The molecule has 2 aromatic rings. The molecule has 16 heteroatoms. The Hall–Kier alpha value is -3.93. The number of rotatable bonds is 7. The minimum atomic E-state index is -3.99. The molecule has 1 aromatic heterocycles. The van der Waals surface area contributed by atoms with Crippen LogP contribution in [-0.4, -0.2) is 85.2 Å². The van der Waals surface area contributed by atoms with E-state index in [1.54, 1.807) is 31.2 Å². The molecule has 5 fully saturated rings. The van der Waals surface area contributed by atoms with Gasteiger partial charge in [-0.15, -0.1) is 0 Å². The molecule has 7 atom stereocenters. The third kappa shape index (κ3) is 7.84. The number of para-hydroxylation sites is 1. The number of hydrogen-bond donors (Lipinski definition) is 4. The maximum absolute atomic E-state index is 14.9. The van der Waals surface area contributed by atoms with Gasteiger partial charge in [-0.1, -0.05) is 6.07 Å². The summed E-state index contributed by atoms with van der Waals surface area (Å²) in [6, 6.07) is 5.07. The first-order valence-electron chi connectivity index (χ1n) is 20.2. The average molecular weight is 917 g/mol. The van der Waals surface area contributed by atoms with Gasteiger partial charge in [-0.25, -0.2) is 0 Å². The van der Waals surface area contributed by atoms with Gasteiger partial charge in [-0.05, 0) is 25.7 Å². The summed E-state index contributed by atoms with van der Waals surface area (Å²) in [6.45, 7) is 5.38. The van der Waals surface area contributed by atoms with Crippen molar-refractivity contribution in [2.24, 2.45) is 11.8 Å². The molecule has 2 bridgehead atoms. The van der Waals surface area contributed by atoms with Crippen molar-refractivity contribution in [1.82, 2.24) is 25.2 Å². The van der Waals surface area contributed by atoms with Crippen molar-refractivity contribution in [3.8, 4) is 5.88 Å². The van der Waals surface area contributed by atoms with Gasteiger partial charge >= 0.3 is 313 Å². The van der Waals surface area contributed by atoms with Crippen LogP contribution in [0.15, 0.2) is 53.9 Å². The van der Waals surface area contributed by atoms with Crippen LogP contribution in [0.25, 0.3) is 10.9 Å². The van der Waals surface area contributed by atoms with Gasteiger partial charge in [0.2, 0.25) is 0 Å². The summed E-state index contributed by atoms with van der Waals surface area (Å²) in [4.78, 5) is 75.4. The van der Waals surface area contributed by atoms with Crippen LogP contribution in [0.4, 0.5) is 4.79 Å². The third-order valence-corrected chi connectivity index (χ3v) is 18.9. The van der Waals surface area contributed by atoms with Crippen molar-refractivity contribution >= 4 is 44.7 Å². The SMILES string of the molecule is C=C[C@@H]1[I-][C@]1(NC(=O)[C@@H]1C[C@@H]2CN1C(=O)[C@H](C1CCCC1)NC(=O)O[C@@H]1CCC[C@H]1CC/C=C/Cc1c([nH]c3ccccc3c1=O)O2)C(=O)NS(=O)(=O)C1(C)CC1. The van der Waals surface area contributed by atoms with Crippen LogP contribution >= 0.6 is 0 Å². The van der Waals surface area contributed by atoms with Gasteiger partial charge in [-0.3, -0.25) is 0 Å². The molecule has 4 amide bonds. The Morgan fingerprint density at radius 2 is 1.75 bits per heavy atom. The molecule has 0 spiro atoms. The number of aromatic amines is 1. The number of amides is 4. The molecule has 308 valence electrons. The molecule has 8 rings (SSSR count). The molecule has 14 nitrogen and oxygen atoms in total. The van der Waals surface area contributed by atoms with Crippen LogP contribution in [-0.2, 0) is 35.6 Å². The molecule has 6 aliphatic rings. The van der Waals surface area contributed by atoms with Crippen LogP contribution in [0.2, 0.25) is 0 Å². The molecule has 1 aromatic carbocycles. The van der Waals surface area contributed by atoms with Crippen molar-refractivity contribution in [2.75, 3.05) is 6.54 Å². The molecule has 4 heterocycles. The number of halogens is 1. The zero-order valence-corrected chi connectivity index (χ0v) is 35.1. The fourth-order valence-corrected chi connectivity index (χ4v) is 13.2. The Bertz CT molecular complexity index is 2170. The number of allylic oxidation sites excluding steroid dienone is 2. The maximum atomic E-state index is 14.9. The molecule has 57 heavy (non-hydrogen) atoms. The van der Waals surface area contributed by atoms with Crippen molar-refractivity contribution in [3.63, 3.8) is 0 Å². The Kier molecular flexibility index (Phi) is 11.0. The van der Waals surface area contributed by atoms with E-state index in [0.717, 1.165) is 44.9 Å². The number of carbonyl (C=O) groups excluding carboxylic acids is 4. The summed E-state index contributed by atoms with van der Waals surface area (Å²) in [6.07, 6.45) is 12.4. The van der Waals surface area contributed by atoms with Gasteiger partial charge in [-0.2, -0.15) is 0 Å². The number of aromatic nitrogens is 1. The number of benzene rings is 1. The van der Waals surface area contributed by atoms with Crippen LogP contribution in [0.3, 0.4) is 0 Å². The fraction of sp³-hybridized carbons (Fsp3) is 0.585. The first kappa shape index (κ1) is 39.9. The van der Waals surface area contributed by atoms with Crippen molar-refractivity contribution < 1.29 is 58.3 Å². The van der Waals surface area contributed by atoms with E-state index in [-0.39, 0.29) is 48.6 Å². The zero-order valence-electron chi connectivity index (χ0n) is 32.1. The Morgan fingerprint density at radius 1 is 1.00 bits per heavy atom. The van der Waals surface area contributed by atoms with Gasteiger partial charge in [0.25, 0.3) is 0 Å². The summed E-state index contributed by atoms with van der Waals surface area (Å²) in [5, 5.41) is 6.33. The second-order valence-corrected chi connectivity index (χ2v) is 22.5. The third-order valence-electron chi connectivity index (χ3n) is 12.8. The molecule has 0 unspecified atom stereocenters. The Morgan fingerprint density at radius 3 is 2.49 bits per heavy atom. The summed E-state index contributed by atoms with van der Waals surface area (Å²) in [5.41, 5.74) is 0.829. The summed E-state index contributed by atoms with van der Waals surface area (Å²) < 4.78 is 38.1. The molecule has 3 saturated carbocycles. The van der Waals surface area contributed by atoms with E-state index in [9.17, 15) is 32.4 Å². The quantitative estimate of drug-likeness (QED) is 0.134. The number of H-pyrrole nitrogens is 1. The van der Waals surface area contributed by atoms with Gasteiger partial charge < -0.3 is 0 Å². The number of sulfonamides is 1. The van der Waals surface area contributed by atoms with E-state index >= 15 is 0 Å². The number of pyridine rings is 1. The number of alkyl carbamates (subject to hydrolysis) is 1. The van der Waals surface area contributed by atoms with E-state index < -0.39 is 85.4 Å². The van der Waals surface area contributed by atoms with Crippen molar-refractivity contribution in [3.05, 3.63) is 64.9 Å². The van der Waals surface area contributed by atoms with Gasteiger partial charge in [0.05, 0.1) is 0 Å². The summed E-state index contributed by atoms with van der Waals surface area (Å²) in [7, 11) is -3.99. The molecule has 3 aliphatic carbocycles. The topological polar surface area (TPSA) is 193 Å². The van der Waals surface area contributed by atoms with E-state index in [4.69, 9.17) is 9.47 Å². The molecule has 2 saturated heterocycles. The van der Waals surface area contributed by atoms with Crippen molar-refractivity contribution in [2.45, 2.75) is 127 Å². The number of hydrogen-bond acceptors (Lipinski definition) is 9. The van der Waals surface area contributed by atoms with E-state index in [2.05, 4.69) is 26.9 Å². The number of nitrogens with zero attached hydrogens (tertiary/aromatic N) is 1. The molecular weight excluding hydrogens is 865 g/mol. The number of nitrogens with one attached hydrogen (secondary N) is 4. The van der Waals surface area contributed by atoms with Crippen molar-refractivity contribution in [1.29, 1.82) is 0 Å². The number of fused-ring (bicyclic) bond motifs is 5. The van der Waals surface area contributed by atoms with Crippen LogP contribution in [0.5, 0.6) is 5.88 Å². The Balaban J connectivity index is 1.14. The average Bonchev–Trinajstić information content (AvgIpc) is 3.81. The summed E-state index contributed by atoms with van der Waals surface area (Å²) >= 11 is -1.07. The predicted octanol–water partition coefficient (Wildman–Crippen LogP) is 0.691.